The van der Waals surface area contributed by atoms with Gasteiger partial charge in [0.2, 0.25) is 0 Å². The highest BCUT2D eigenvalue weighted by Gasteiger charge is 2.23. The van der Waals surface area contributed by atoms with Crippen molar-refractivity contribution in [1.82, 2.24) is 15.0 Å². The van der Waals surface area contributed by atoms with E-state index in [-0.39, 0.29) is 5.82 Å². The van der Waals surface area contributed by atoms with Crippen LogP contribution in [0.3, 0.4) is 0 Å². The molecule has 1 heterocycles. The molecule has 0 saturated heterocycles. The Balaban J connectivity index is 1.46. The van der Waals surface area contributed by atoms with Crippen LogP contribution in [0.15, 0.2) is 109 Å². The summed E-state index contributed by atoms with van der Waals surface area (Å²) in [7, 11) is 0. The van der Waals surface area contributed by atoms with Crippen molar-refractivity contribution in [3.05, 3.63) is 121 Å². The molecule has 0 saturated carbocycles. The molecule has 6 heteroatoms. The molecular weight excluding hydrogens is 403 g/mol. The van der Waals surface area contributed by atoms with E-state index in [9.17, 15) is 4.39 Å². The molecule has 5 aromatic rings. The Morgan fingerprint density at radius 3 is 2.22 bits per heavy atom. The molecule has 5 rings (SSSR count). The van der Waals surface area contributed by atoms with Crippen molar-refractivity contribution in [2.75, 3.05) is 0 Å². The minimum atomic E-state index is -0.334. The summed E-state index contributed by atoms with van der Waals surface area (Å²) in [6, 6.07) is 33.6. The zero-order valence-corrected chi connectivity index (χ0v) is 17.2. The average molecular weight is 423 g/mol. The Hall–Kier alpha value is -4.32. The average Bonchev–Trinajstić information content (AvgIpc) is 3.30. The summed E-state index contributed by atoms with van der Waals surface area (Å²) in [5.41, 5.74) is 3.33. The number of tetrazole rings is 1. The van der Waals surface area contributed by atoms with Crippen LogP contribution in [0.2, 0.25) is 0 Å². The maximum Gasteiger partial charge on any atom is 0.340 e. The minimum absolute atomic E-state index is 0.334. The topological polar surface area (TPSA) is 43.8 Å². The predicted octanol–water partition coefficient (Wildman–Crippen LogP) is 4.93. The maximum absolute atomic E-state index is 13.9. The van der Waals surface area contributed by atoms with Crippen LogP contribution in [0.5, 0.6) is 5.75 Å². The quantitative estimate of drug-likeness (QED) is 0.364. The van der Waals surface area contributed by atoms with Crippen LogP contribution < -0.4 is 9.53 Å². The molecule has 0 spiro atoms. The molecule has 0 atom stereocenters. The van der Waals surface area contributed by atoms with Crippen LogP contribution in [-0.2, 0) is 6.61 Å². The van der Waals surface area contributed by atoms with Gasteiger partial charge in [-0.25, -0.2) is 4.39 Å². The number of benzene rings is 4. The largest absolute Gasteiger partial charge is 0.489 e. The van der Waals surface area contributed by atoms with Gasteiger partial charge in [-0.1, -0.05) is 54.6 Å². The standard InChI is InChI=1S/C26H20FN4O/c27-22-10-7-13-24(18-22)31-29-26(28-30(31)23-11-5-2-6-12-23)21-14-16-25(17-15-21)32-19-20-8-3-1-4-9-20/h1-18H,19H2/q+1. The second-order valence-electron chi connectivity index (χ2n) is 7.22. The first kappa shape index (κ1) is 19.6. The first-order chi connectivity index (χ1) is 15.8. The Morgan fingerprint density at radius 1 is 0.781 bits per heavy atom. The third-order valence-corrected chi connectivity index (χ3v) is 4.95. The van der Waals surface area contributed by atoms with Crippen LogP contribution in [0.4, 0.5) is 4.39 Å². The van der Waals surface area contributed by atoms with E-state index in [4.69, 9.17) is 4.74 Å². The predicted molar refractivity (Wildman–Crippen MR) is 119 cm³/mol. The summed E-state index contributed by atoms with van der Waals surface area (Å²) in [6.07, 6.45) is 0. The molecule has 0 aliphatic carbocycles. The summed E-state index contributed by atoms with van der Waals surface area (Å²) in [5.74, 6) is 0.949. The lowest BCUT2D eigenvalue weighted by Crippen LogP contribution is -2.43. The summed E-state index contributed by atoms with van der Waals surface area (Å²) >= 11 is 0. The normalized spacial score (nSPS) is 10.8. The van der Waals surface area contributed by atoms with Gasteiger partial charge in [0.05, 0.1) is 10.7 Å². The van der Waals surface area contributed by atoms with E-state index in [1.54, 1.807) is 21.7 Å². The number of ether oxygens (including phenoxy) is 1. The van der Waals surface area contributed by atoms with Gasteiger partial charge in [-0.3, -0.25) is 0 Å². The number of hydrogen-bond donors (Lipinski definition) is 0. The number of halogens is 1. The lowest BCUT2D eigenvalue weighted by Gasteiger charge is -2.05. The first-order valence-electron chi connectivity index (χ1n) is 10.2. The van der Waals surface area contributed by atoms with Crippen molar-refractivity contribution >= 4 is 0 Å². The molecule has 0 aliphatic heterocycles. The SMILES string of the molecule is Fc1cccc(-n2nc(-c3ccc(OCc4ccccc4)cc3)n[n+]2-c2ccccc2)c1. The molecule has 0 bridgehead atoms. The summed E-state index contributed by atoms with van der Waals surface area (Å²) in [6.45, 7) is 0.501. The molecule has 0 amide bonds. The van der Waals surface area contributed by atoms with Gasteiger partial charge in [-0.15, -0.1) is 0 Å². The number of hydrogen-bond acceptors (Lipinski definition) is 3. The molecule has 0 N–H and O–H groups in total. The Labute approximate surface area is 184 Å². The van der Waals surface area contributed by atoms with E-state index in [0.29, 0.717) is 18.1 Å². The molecule has 156 valence electrons. The number of rotatable bonds is 6. The fourth-order valence-corrected chi connectivity index (χ4v) is 3.34. The van der Waals surface area contributed by atoms with E-state index < -0.39 is 0 Å². The van der Waals surface area contributed by atoms with Crippen molar-refractivity contribution in [3.63, 3.8) is 0 Å². The molecule has 32 heavy (non-hydrogen) atoms. The second-order valence-corrected chi connectivity index (χ2v) is 7.22. The second kappa shape index (κ2) is 8.81. The van der Waals surface area contributed by atoms with Crippen molar-refractivity contribution in [3.8, 4) is 28.5 Å². The van der Waals surface area contributed by atoms with Crippen LogP contribution in [0, 0.1) is 5.82 Å². The fourth-order valence-electron chi connectivity index (χ4n) is 3.34. The summed E-state index contributed by atoms with van der Waals surface area (Å²) in [5, 5.41) is 9.34. The molecular formula is C26H20FN4O+. The molecule has 0 unspecified atom stereocenters. The Morgan fingerprint density at radius 2 is 1.50 bits per heavy atom. The van der Waals surface area contributed by atoms with Crippen LogP contribution in [0.1, 0.15) is 5.56 Å². The molecule has 1 aromatic heterocycles. The number of para-hydroxylation sites is 1. The van der Waals surface area contributed by atoms with Gasteiger partial charge in [-0.05, 0) is 64.0 Å². The molecule has 0 aliphatic rings. The van der Waals surface area contributed by atoms with Crippen molar-refractivity contribution in [2.45, 2.75) is 6.61 Å². The molecule has 5 nitrogen and oxygen atoms in total. The van der Waals surface area contributed by atoms with Gasteiger partial charge >= 0.3 is 5.82 Å². The Kier molecular flexibility index (Phi) is 5.41. The summed E-state index contributed by atoms with van der Waals surface area (Å²) < 4.78 is 19.7. The lowest BCUT2D eigenvalue weighted by atomic mass is 10.2. The molecule has 4 aromatic carbocycles. The monoisotopic (exact) mass is 423 g/mol. The van der Waals surface area contributed by atoms with Crippen molar-refractivity contribution in [2.24, 2.45) is 0 Å². The van der Waals surface area contributed by atoms with E-state index in [1.807, 2.05) is 84.9 Å². The maximum atomic E-state index is 13.9. The van der Waals surface area contributed by atoms with Gasteiger partial charge in [0.15, 0.2) is 5.69 Å². The van der Waals surface area contributed by atoms with E-state index in [2.05, 4.69) is 10.2 Å². The number of aromatic nitrogens is 4. The zero-order valence-electron chi connectivity index (χ0n) is 17.2. The van der Waals surface area contributed by atoms with Crippen LogP contribution in [-0.4, -0.2) is 15.0 Å². The Bertz CT molecular complexity index is 1320. The smallest absolute Gasteiger partial charge is 0.340 e. The molecule has 0 fully saturated rings. The van der Waals surface area contributed by atoms with Crippen molar-refractivity contribution in [1.29, 1.82) is 0 Å². The minimum Gasteiger partial charge on any atom is -0.489 e. The number of nitrogens with zero attached hydrogens (tertiary/aromatic N) is 4. The van der Waals surface area contributed by atoms with Crippen molar-refractivity contribution < 1.29 is 13.9 Å². The van der Waals surface area contributed by atoms with E-state index in [0.717, 1.165) is 22.6 Å². The van der Waals surface area contributed by atoms with Gasteiger partial charge in [-0.2, -0.15) is 0 Å². The van der Waals surface area contributed by atoms with Gasteiger partial charge in [0.25, 0.3) is 0 Å². The van der Waals surface area contributed by atoms with E-state index in [1.165, 1.54) is 12.1 Å². The molecule has 0 radical (unpaired) electrons. The van der Waals surface area contributed by atoms with Gasteiger partial charge in [0, 0.05) is 10.9 Å². The van der Waals surface area contributed by atoms with Crippen LogP contribution in [0.25, 0.3) is 22.8 Å². The highest BCUT2D eigenvalue weighted by atomic mass is 19.1. The highest BCUT2D eigenvalue weighted by Crippen LogP contribution is 2.20. The summed E-state index contributed by atoms with van der Waals surface area (Å²) in [4.78, 5) is 3.25. The zero-order chi connectivity index (χ0) is 21.8. The van der Waals surface area contributed by atoms with Gasteiger partial charge in [0.1, 0.15) is 23.9 Å². The van der Waals surface area contributed by atoms with Crippen LogP contribution >= 0.6 is 0 Å². The van der Waals surface area contributed by atoms with Gasteiger partial charge < -0.3 is 4.74 Å². The lowest BCUT2D eigenvalue weighted by molar-refractivity contribution is -0.734. The highest BCUT2D eigenvalue weighted by molar-refractivity contribution is 5.55. The fraction of sp³-hybridized carbons (Fsp3) is 0.0385. The van der Waals surface area contributed by atoms with E-state index >= 15 is 0 Å². The third-order valence-electron chi connectivity index (χ3n) is 4.95. The third kappa shape index (κ3) is 4.25. The first-order valence-corrected chi connectivity index (χ1v) is 10.2.